The summed E-state index contributed by atoms with van der Waals surface area (Å²) in [5.41, 5.74) is 0. The van der Waals surface area contributed by atoms with Gasteiger partial charge in [-0.05, 0) is 36.1 Å². The third kappa shape index (κ3) is 2.39. The first-order chi connectivity index (χ1) is 10.3. The van der Waals surface area contributed by atoms with Crippen LogP contribution in [0.25, 0.3) is 0 Å². The number of aromatic nitrogens is 6. The molecule has 1 atom stereocenters. The molecule has 21 heavy (non-hydrogen) atoms. The summed E-state index contributed by atoms with van der Waals surface area (Å²) in [6, 6.07) is -0.117. The highest BCUT2D eigenvalue weighted by Crippen LogP contribution is 2.39. The Bertz CT molecular complexity index is 634. The van der Waals surface area contributed by atoms with E-state index in [9.17, 15) is 4.79 Å². The highest BCUT2D eigenvalue weighted by atomic mass is 16.5. The van der Waals surface area contributed by atoms with E-state index in [2.05, 4.69) is 25.7 Å². The molecular formula is C12H15N7O2. The summed E-state index contributed by atoms with van der Waals surface area (Å²) < 4.78 is 6.78. The summed E-state index contributed by atoms with van der Waals surface area (Å²) in [7, 11) is 0. The van der Waals surface area contributed by atoms with Gasteiger partial charge in [-0.15, -0.1) is 5.10 Å². The van der Waals surface area contributed by atoms with E-state index in [1.807, 2.05) is 0 Å². The highest BCUT2D eigenvalue weighted by molar-refractivity contribution is 5.76. The molecule has 2 aromatic rings. The van der Waals surface area contributed by atoms with Gasteiger partial charge in [-0.2, -0.15) is 4.98 Å². The van der Waals surface area contributed by atoms with Crippen LogP contribution in [0.1, 0.15) is 49.4 Å². The van der Waals surface area contributed by atoms with Gasteiger partial charge in [0.2, 0.25) is 11.8 Å². The molecule has 1 saturated heterocycles. The largest absolute Gasteiger partial charge is 0.337 e. The van der Waals surface area contributed by atoms with E-state index < -0.39 is 0 Å². The van der Waals surface area contributed by atoms with Crippen LogP contribution in [0, 0.1) is 0 Å². The molecule has 0 spiro atoms. The van der Waals surface area contributed by atoms with Gasteiger partial charge in [0, 0.05) is 12.5 Å². The minimum absolute atomic E-state index is 0.0315. The van der Waals surface area contributed by atoms with Gasteiger partial charge in [0.15, 0.2) is 5.82 Å². The molecule has 110 valence electrons. The van der Waals surface area contributed by atoms with E-state index in [1.165, 1.54) is 11.0 Å². The quantitative estimate of drug-likeness (QED) is 0.797. The molecule has 1 saturated carbocycles. The SMILES string of the molecule is O=C(Cn1cnnn1)N1CCC[C@H]1c1nc(C2CC2)no1. The average molecular weight is 289 g/mol. The van der Waals surface area contributed by atoms with Gasteiger partial charge in [-0.25, -0.2) is 4.68 Å². The lowest BCUT2D eigenvalue weighted by Crippen LogP contribution is -2.33. The van der Waals surface area contributed by atoms with E-state index in [0.29, 0.717) is 18.4 Å². The number of likely N-dealkylation sites (tertiary alicyclic amines) is 1. The lowest BCUT2D eigenvalue weighted by molar-refractivity contribution is -0.133. The van der Waals surface area contributed by atoms with Crippen molar-refractivity contribution in [3.63, 3.8) is 0 Å². The molecule has 3 heterocycles. The maximum atomic E-state index is 12.4. The predicted octanol–water partition coefficient (Wildman–Crippen LogP) is 0.297. The van der Waals surface area contributed by atoms with Crippen LogP contribution in [-0.4, -0.2) is 47.7 Å². The Labute approximate surface area is 120 Å². The fraction of sp³-hybridized carbons (Fsp3) is 0.667. The maximum absolute atomic E-state index is 12.4. The lowest BCUT2D eigenvalue weighted by atomic mass is 10.2. The molecular weight excluding hydrogens is 274 g/mol. The first kappa shape index (κ1) is 12.4. The zero-order chi connectivity index (χ0) is 14.2. The number of amides is 1. The van der Waals surface area contributed by atoms with E-state index in [-0.39, 0.29) is 18.5 Å². The van der Waals surface area contributed by atoms with Crippen LogP contribution in [0.5, 0.6) is 0 Å². The van der Waals surface area contributed by atoms with Gasteiger partial charge in [0.05, 0.1) is 0 Å². The van der Waals surface area contributed by atoms with Crippen molar-refractivity contribution in [2.45, 2.75) is 44.2 Å². The predicted molar refractivity (Wildman–Crippen MR) is 67.8 cm³/mol. The fourth-order valence-electron chi connectivity index (χ4n) is 2.69. The summed E-state index contributed by atoms with van der Waals surface area (Å²) in [6.45, 7) is 0.833. The van der Waals surface area contributed by atoms with Crippen molar-refractivity contribution in [2.24, 2.45) is 0 Å². The second-order valence-corrected chi connectivity index (χ2v) is 5.52. The molecule has 2 aliphatic rings. The van der Waals surface area contributed by atoms with Gasteiger partial charge in [-0.3, -0.25) is 4.79 Å². The van der Waals surface area contributed by atoms with Crippen LogP contribution in [0.15, 0.2) is 10.9 Å². The summed E-state index contributed by atoms with van der Waals surface area (Å²) in [5, 5.41) is 14.8. The summed E-state index contributed by atoms with van der Waals surface area (Å²) in [5.74, 6) is 1.76. The Balaban J connectivity index is 1.49. The molecule has 0 radical (unpaired) electrons. The van der Waals surface area contributed by atoms with Crippen LogP contribution in [0.3, 0.4) is 0 Å². The number of carbonyl (C=O) groups excluding carboxylic acids is 1. The second-order valence-electron chi connectivity index (χ2n) is 5.52. The second kappa shape index (κ2) is 4.90. The zero-order valence-electron chi connectivity index (χ0n) is 11.4. The molecule has 4 rings (SSSR count). The summed E-state index contributed by atoms with van der Waals surface area (Å²) in [4.78, 5) is 18.6. The topological polar surface area (TPSA) is 103 Å². The maximum Gasteiger partial charge on any atom is 0.249 e. The highest BCUT2D eigenvalue weighted by Gasteiger charge is 2.36. The Morgan fingerprint density at radius 3 is 3.05 bits per heavy atom. The van der Waals surface area contributed by atoms with Crippen LogP contribution in [0.2, 0.25) is 0 Å². The van der Waals surface area contributed by atoms with Gasteiger partial charge in [0.25, 0.3) is 0 Å². The van der Waals surface area contributed by atoms with E-state index >= 15 is 0 Å². The molecule has 0 bridgehead atoms. The van der Waals surface area contributed by atoms with Crippen molar-refractivity contribution in [3.05, 3.63) is 18.0 Å². The number of hydrogen-bond acceptors (Lipinski definition) is 7. The molecule has 1 aliphatic carbocycles. The van der Waals surface area contributed by atoms with Crippen LogP contribution < -0.4 is 0 Å². The van der Waals surface area contributed by atoms with Gasteiger partial charge in [-0.1, -0.05) is 5.16 Å². The Morgan fingerprint density at radius 2 is 2.29 bits per heavy atom. The first-order valence-corrected chi connectivity index (χ1v) is 7.15. The van der Waals surface area contributed by atoms with E-state index in [1.54, 1.807) is 4.90 Å². The van der Waals surface area contributed by atoms with Crippen molar-refractivity contribution < 1.29 is 9.32 Å². The van der Waals surface area contributed by atoms with Crippen molar-refractivity contribution >= 4 is 5.91 Å². The molecule has 1 amide bonds. The monoisotopic (exact) mass is 289 g/mol. The smallest absolute Gasteiger partial charge is 0.249 e. The molecule has 2 fully saturated rings. The Morgan fingerprint density at radius 1 is 1.38 bits per heavy atom. The number of carbonyl (C=O) groups is 1. The molecule has 0 unspecified atom stereocenters. The number of tetrazole rings is 1. The minimum Gasteiger partial charge on any atom is -0.337 e. The zero-order valence-corrected chi connectivity index (χ0v) is 11.4. The molecule has 9 heteroatoms. The van der Waals surface area contributed by atoms with Crippen molar-refractivity contribution in [1.29, 1.82) is 0 Å². The van der Waals surface area contributed by atoms with E-state index in [0.717, 1.165) is 31.5 Å². The van der Waals surface area contributed by atoms with Crippen molar-refractivity contribution in [2.75, 3.05) is 6.54 Å². The number of rotatable bonds is 4. The number of nitrogens with zero attached hydrogens (tertiary/aromatic N) is 7. The lowest BCUT2D eigenvalue weighted by Gasteiger charge is -2.21. The van der Waals surface area contributed by atoms with Crippen LogP contribution >= 0.6 is 0 Å². The fourth-order valence-corrected chi connectivity index (χ4v) is 2.69. The standard InChI is InChI=1S/C12H15N7O2/c20-10(6-18-7-13-16-17-18)19-5-1-2-9(19)12-14-11(15-21-12)8-3-4-8/h7-9H,1-6H2/t9-/m0/s1. The third-order valence-electron chi connectivity index (χ3n) is 3.95. The molecule has 2 aromatic heterocycles. The van der Waals surface area contributed by atoms with Crippen LogP contribution in [-0.2, 0) is 11.3 Å². The van der Waals surface area contributed by atoms with Crippen LogP contribution in [0.4, 0.5) is 0 Å². The molecule has 9 nitrogen and oxygen atoms in total. The van der Waals surface area contributed by atoms with E-state index in [4.69, 9.17) is 4.52 Å². The Hall–Kier alpha value is -2.32. The van der Waals surface area contributed by atoms with Gasteiger partial charge >= 0.3 is 0 Å². The normalized spacial score (nSPS) is 21.9. The summed E-state index contributed by atoms with van der Waals surface area (Å²) >= 11 is 0. The molecule has 1 aliphatic heterocycles. The molecule has 0 N–H and O–H groups in total. The molecule has 0 aromatic carbocycles. The average Bonchev–Trinajstić information content (AvgIpc) is 2.94. The van der Waals surface area contributed by atoms with Crippen molar-refractivity contribution in [3.8, 4) is 0 Å². The number of hydrogen-bond donors (Lipinski definition) is 0. The minimum atomic E-state index is -0.117. The summed E-state index contributed by atoms with van der Waals surface area (Å²) in [6.07, 6.45) is 5.48. The third-order valence-corrected chi connectivity index (χ3v) is 3.95. The van der Waals surface area contributed by atoms with Gasteiger partial charge in [0.1, 0.15) is 18.9 Å². The Kier molecular flexibility index (Phi) is 2.90. The van der Waals surface area contributed by atoms with Gasteiger partial charge < -0.3 is 9.42 Å². The van der Waals surface area contributed by atoms with Crippen molar-refractivity contribution in [1.82, 2.24) is 35.2 Å². The first-order valence-electron chi connectivity index (χ1n) is 7.15.